The van der Waals surface area contributed by atoms with Gasteiger partial charge in [0.05, 0.1) is 19.6 Å². The summed E-state index contributed by atoms with van der Waals surface area (Å²) in [5, 5.41) is 20.4. The number of benzene rings is 1. The normalized spacial score (nSPS) is 24.3. The number of hydrogen-bond acceptors (Lipinski definition) is 3. The van der Waals surface area contributed by atoms with Crippen molar-refractivity contribution in [2.45, 2.75) is 18.0 Å². The molecule has 2 unspecified atom stereocenters. The second-order valence-corrected chi connectivity index (χ2v) is 5.41. The number of carboxylic acids is 1. The van der Waals surface area contributed by atoms with Crippen LogP contribution in [-0.2, 0) is 4.79 Å². The Bertz CT molecular complexity index is 540. The van der Waals surface area contributed by atoms with E-state index < -0.39 is 30.2 Å². The molecule has 2 amide bonds. The minimum Gasteiger partial charge on any atom is -0.481 e. The lowest BCUT2D eigenvalue weighted by Gasteiger charge is -2.23. The first-order chi connectivity index (χ1) is 10.5. The summed E-state index contributed by atoms with van der Waals surface area (Å²) in [6.45, 7) is -0.771. The van der Waals surface area contributed by atoms with E-state index in [1.54, 1.807) is 24.3 Å². The quantitative estimate of drug-likeness (QED) is 0.756. The van der Waals surface area contributed by atoms with E-state index in [2.05, 4.69) is 5.32 Å². The van der Waals surface area contributed by atoms with Crippen LogP contribution in [0.2, 0.25) is 0 Å². The van der Waals surface area contributed by atoms with Crippen LogP contribution < -0.4 is 5.32 Å². The molecule has 1 saturated heterocycles. The molecule has 7 heteroatoms. The number of aliphatic hydroxyl groups is 1. The molecule has 120 valence electrons. The molecule has 0 bridgehead atoms. The summed E-state index contributed by atoms with van der Waals surface area (Å²) in [6, 6.07) is 8.38. The van der Waals surface area contributed by atoms with Crippen LogP contribution in [0.5, 0.6) is 0 Å². The summed E-state index contributed by atoms with van der Waals surface area (Å²) in [5.41, 5.74) is -1.18. The Morgan fingerprint density at radius 3 is 2.64 bits per heavy atom. The minimum absolute atomic E-state index is 0.0148. The standard InChI is InChI=1S/C15H19FN2O4/c16-15(10-19)9-18(14(22)17-7-6-13(20)21)8-12(15)11-4-2-1-3-5-11/h1-5,12,19H,6-10H2,(H,17,22)(H,20,21). The molecule has 0 radical (unpaired) electrons. The van der Waals surface area contributed by atoms with Gasteiger partial charge >= 0.3 is 12.0 Å². The van der Waals surface area contributed by atoms with Crippen molar-refractivity contribution in [3.05, 3.63) is 35.9 Å². The lowest BCUT2D eigenvalue weighted by Crippen LogP contribution is -2.42. The van der Waals surface area contributed by atoms with Crippen molar-refractivity contribution in [1.82, 2.24) is 10.2 Å². The molecule has 1 aromatic carbocycles. The van der Waals surface area contributed by atoms with Crippen molar-refractivity contribution < 1.29 is 24.2 Å². The molecule has 0 aliphatic carbocycles. The number of hydrogen-bond donors (Lipinski definition) is 3. The smallest absolute Gasteiger partial charge is 0.317 e. The number of rotatable bonds is 5. The zero-order valence-electron chi connectivity index (χ0n) is 12.0. The molecule has 3 N–H and O–H groups in total. The Hall–Kier alpha value is -2.15. The van der Waals surface area contributed by atoms with Crippen LogP contribution in [0.25, 0.3) is 0 Å². The second kappa shape index (κ2) is 6.74. The van der Waals surface area contributed by atoms with Crippen molar-refractivity contribution >= 4 is 12.0 Å². The van der Waals surface area contributed by atoms with Crippen molar-refractivity contribution in [2.24, 2.45) is 0 Å². The predicted molar refractivity (Wildman–Crippen MR) is 77.3 cm³/mol. The second-order valence-electron chi connectivity index (χ2n) is 5.41. The molecule has 2 rings (SSSR count). The Labute approximate surface area is 127 Å². The van der Waals surface area contributed by atoms with Crippen LogP contribution in [0.15, 0.2) is 30.3 Å². The lowest BCUT2D eigenvalue weighted by molar-refractivity contribution is -0.136. The van der Waals surface area contributed by atoms with Crippen molar-refractivity contribution in [2.75, 3.05) is 26.2 Å². The van der Waals surface area contributed by atoms with Gasteiger partial charge in [0.25, 0.3) is 0 Å². The number of carboxylic acid groups (broad SMARTS) is 1. The van der Waals surface area contributed by atoms with Crippen LogP contribution in [0.4, 0.5) is 9.18 Å². The summed E-state index contributed by atoms with van der Waals surface area (Å²) >= 11 is 0. The first-order valence-corrected chi connectivity index (χ1v) is 7.05. The van der Waals surface area contributed by atoms with Gasteiger partial charge in [-0.15, -0.1) is 0 Å². The summed E-state index contributed by atoms with van der Waals surface area (Å²) in [4.78, 5) is 23.7. The summed E-state index contributed by atoms with van der Waals surface area (Å²) < 4.78 is 14.9. The lowest BCUT2D eigenvalue weighted by atomic mass is 9.87. The topological polar surface area (TPSA) is 89.9 Å². The highest BCUT2D eigenvalue weighted by atomic mass is 19.1. The molecule has 0 aromatic heterocycles. The van der Waals surface area contributed by atoms with E-state index in [1.807, 2.05) is 6.07 Å². The van der Waals surface area contributed by atoms with Gasteiger partial charge in [-0.05, 0) is 5.56 Å². The molecular weight excluding hydrogens is 291 g/mol. The van der Waals surface area contributed by atoms with Gasteiger partial charge in [0, 0.05) is 19.0 Å². The third kappa shape index (κ3) is 3.54. The highest BCUT2D eigenvalue weighted by Gasteiger charge is 2.49. The van der Waals surface area contributed by atoms with Crippen LogP contribution in [-0.4, -0.2) is 59.0 Å². The zero-order valence-corrected chi connectivity index (χ0v) is 12.0. The first kappa shape index (κ1) is 16.2. The largest absolute Gasteiger partial charge is 0.481 e. The molecule has 1 aliphatic heterocycles. The first-order valence-electron chi connectivity index (χ1n) is 7.05. The van der Waals surface area contributed by atoms with Gasteiger partial charge in [0.15, 0.2) is 5.67 Å². The SMILES string of the molecule is O=C(O)CCNC(=O)N1CC(c2ccccc2)C(F)(CO)C1. The number of halogens is 1. The van der Waals surface area contributed by atoms with Gasteiger partial charge in [-0.3, -0.25) is 4.79 Å². The number of alkyl halides is 1. The molecule has 6 nitrogen and oxygen atoms in total. The maximum atomic E-state index is 14.9. The van der Waals surface area contributed by atoms with Gasteiger partial charge in [0.2, 0.25) is 0 Å². The van der Waals surface area contributed by atoms with Crippen molar-refractivity contribution in [3.8, 4) is 0 Å². The van der Waals surface area contributed by atoms with Crippen LogP contribution in [0.1, 0.15) is 17.9 Å². The summed E-state index contributed by atoms with van der Waals surface area (Å²) in [7, 11) is 0. The van der Waals surface area contributed by atoms with E-state index in [0.717, 1.165) is 5.56 Å². The Morgan fingerprint density at radius 1 is 1.36 bits per heavy atom. The number of nitrogens with zero attached hydrogens (tertiary/aromatic N) is 1. The van der Waals surface area contributed by atoms with E-state index in [-0.39, 0.29) is 26.1 Å². The molecular formula is C15H19FN2O4. The maximum absolute atomic E-state index is 14.9. The predicted octanol–water partition coefficient (Wildman–Crippen LogP) is 0.971. The average molecular weight is 310 g/mol. The fraction of sp³-hybridized carbons (Fsp3) is 0.467. The Morgan fingerprint density at radius 2 is 2.05 bits per heavy atom. The maximum Gasteiger partial charge on any atom is 0.317 e. The van der Waals surface area contributed by atoms with Gasteiger partial charge in [-0.25, -0.2) is 9.18 Å². The van der Waals surface area contributed by atoms with Gasteiger partial charge in [0.1, 0.15) is 0 Å². The molecule has 1 aromatic rings. The Kier molecular flexibility index (Phi) is 4.97. The molecule has 1 aliphatic rings. The van der Waals surface area contributed by atoms with Gasteiger partial charge < -0.3 is 20.4 Å². The van der Waals surface area contributed by atoms with Crippen molar-refractivity contribution in [1.29, 1.82) is 0 Å². The van der Waals surface area contributed by atoms with E-state index in [1.165, 1.54) is 4.90 Å². The highest BCUT2D eigenvalue weighted by molar-refractivity contribution is 5.76. The van der Waals surface area contributed by atoms with E-state index >= 15 is 0 Å². The molecule has 1 heterocycles. The molecule has 0 saturated carbocycles. The number of carbonyl (C=O) groups excluding carboxylic acids is 1. The molecule has 0 spiro atoms. The van der Waals surface area contributed by atoms with E-state index in [4.69, 9.17) is 5.11 Å². The van der Waals surface area contributed by atoms with Crippen LogP contribution in [0, 0.1) is 0 Å². The number of aliphatic hydroxyl groups excluding tert-OH is 1. The number of carbonyl (C=O) groups is 2. The number of amides is 2. The minimum atomic E-state index is -1.90. The monoisotopic (exact) mass is 310 g/mol. The third-order valence-electron chi connectivity index (χ3n) is 3.85. The van der Waals surface area contributed by atoms with E-state index in [9.17, 15) is 19.1 Å². The number of likely N-dealkylation sites (tertiary alicyclic amines) is 1. The zero-order chi connectivity index (χ0) is 16.2. The number of urea groups is 1. The fourth-order valence-electron chi connectivity index (χ4n) is 2.67. The van der Waals surface area contributed by atoms with Crippen LogP contribution >= 0.6 is 0 Å². The summed E-state index contributed by atoms with van der Waals surface area (Å²) in [5.74, 6) is -1.62. The molecule has 22 heavy (non-hydrogen) atoms. The molecule has 2 atom stereocenters. The fourth-order valence-corrected chi connectivity index (χ4v) is 2.67. The average Bonchev–Trinajstić information content (AvgIpc) is 2.86. The van der Waals surface area contributed by atoms with E-state index in [0.29, 0.717) is 0 Å². The molecule has 1 fully saturated rings. The van der Waals surface area contributed by atoms with Crippen LogP contribution in [0.3, 0.4) is 0 Å². The number of aliphatic carboxylic acids is 1. The van der Waals surface area contributed by atoms with Crippen molar-refractivity contribution in [3.63, 3.8) is 0 Å². The van der Waals surface area contributed by atoms with Gasteiger partial charge in [-0.2, -0.15) is 0 Å². The highest BCUT2D eigenvalue weighted by Crippen LogP contribution is 2.38. The third-order valence-corrected chi connectivity index (χ3v) is 3.85. The number of nitrogens with one attached hydrogen (secondary N) is 1. The Balaban J connectivity index is 2.05. The van der Waals surface area contributed by atoms with Gasteiger partial charge in [-0.1, -0.05) is 30.3 Å². The summed E-state index contributed by atoms with van der Waals surface area (Å²) in [6.07, 6.45) is -0.192.